The van der Waals surface area contributed by atoms with Crippen molar-refractivity contribution in [3.05, 3.63) is 119 Å². The second-order valence-corrected chi connectivity index (χ2v) is 6.86. The second-order valence-electron chi connectivity index (χ2n) is 6.86. The van der Waals surface area contributed by atoms with Gasteiger partial charge >= 0.3 is 7.12 Å². The van der Waals surface area contributed by atoms with Crippen LogP contribution in [0, 0.1) is 0 Å². The SMILES string of the molecule is C=C1/C=C\C=C/C/C(B(O)O)=c2/ccccc2=C1c1cccc2ccccc12. The maximum atomic E-state index is 10.0. The van der Waals surface area contributed by atoms with Crippen LogP contribution in [0.5, 0.6) is 0 Å². The zero-order valence-corrected chi connectivity index (χ0v) is 15.5. The van der Waals surface area contributed by atoms with Crippen molar-refractivity contribution in [1.82, 2.24) is 0 Å². The monoisotopic (exact) mass is 364 g/mol. The fourth-order valence-electron chi connectivity index (χ4n) is 3.80. The first kappa shape index (κ1) is 18.2. The molecule has 0 spiro atoms. The Morgan fingerprint density at radius 3 is 2.32 bits per heavy atom. The molecular weight excluding hydrogens is 343 g/mol. The highest BCUT2D eigenvalue weighted by Gasteiger charge is 2.17. The van der Waals surface area contributed by atoms with E-state index in [9.17, 15) is 10.0 Å². The third-order valence-corrected chi connectivity index (χ3v) is 5.12. The van der Waals surface area contributed by atoms with E-state index in [-0.39, 0.29) is 0 Å². The summed E-state index contributed by atoms with van der Waals surface area (Å²) in [6.07, 6.45) is 8.27. The molecule has 0 fully saturated rings. The molecule has 4 rings (SSSR count). The summed E-state index contributed by atoms with van der Waals surface area (Å²) in [5.74, 6) is 0. The molecule has 0 aromatic heterocycles. The van der Waals surface area contributed by atoms with E-state index in [0.717, 1.165) is 37.9 Å². The molecule has 0 heterocycles. The molecule has 0 bridgehead atoms. The molecule has 0 atom stereocenters. The lowest BCUT2D eigenvalue weighted by atomic mass is 9.75. The van der Waals surface area contributed by atoms with Crippen molar-refractivity contribution in [2.45, 2.75) is 6.42 Å². The minimum atomic E-state index is -1.52. The molecule has 0 saturated heterocycles. The van der Waals surface area contributed by atoms with E-state index in [2.05, 4.69) is 36.9 Å². The van der Waals surface area contributed by atoms with Gasteiger partial charge < -0.3 is 10.0 Å². The van der Waals surface area contributed by atoms with Crippen LogP contribution in [0.15, 0.2) is 103 Å². The molecule has 0 amide bonds. The van der Waals surface area contributed by atoms with Crippen LogP contribution in [0.2, 0.25) is 0 Å². The highest BCUT2D eigenvalue weighted by Crippen LogP contribution is 2.28. The molecular formula is C25H21BO2. The first-order valence-electron chi connectivity index (χ1n) is 9.36. The molecule has 1 aliphatic carbocycles. The van der Waals surface area contributed by atoms with Crippen LogP contribution in [0.3, 0.4) is 0 Å². The van der Waals surface area contributed by atoms with Crippen LogP contribution in [0.4, 0.5) is 0 Å². The van der Waals surface area contributed by atoms with E-state index >= 15 is 0 Å². The van der Waals surface area contributed by atoms with E-state index in [1.54, 1.807) is 0 Å². The largest absolute Gasteiger partial charge is 0.485 e. The highest BCUT2D eigenvalue weighted by atomic mass is 16.4. The van der Waals surface area contributed by atoms with E-state index in [1.165, 1.54) is 0 Å². The third-order valence-electron chi connectivity index (χ3n) is 5.12. The number of rotatable bonds is 2. The Kier molecular flexibility index (Phi) is 5.11. The molecule has 0 aliphatic heterocycles. The molecule has 1 aliphatic rings. The quantitative estimate of drug-likeness (QED) is 0.686. The van der Waals surface area contributed by atoms with E-state index in [4.69, 9.17) is 0 Å². The lowest BCUT2D eigenvalue weighted by Crippen LogP contribution is -2.34. The molecule has 2 nitrogen and oxygen atoms in total. The van der Waals surface area contributed by atoms with Gasteiger partial charge in [-0.2, -0.15) is 0 Å². The van der Waals surface area contributed by atoms with Crippen molar-refractivity contribution in [1.29, 1.82) is 0 Å². The molecule has 0 radical (unpaired) electrons. The highest BCUT2D eigenvalue weighted by molar-refractivity contribution is 6.63. The van der Waals surface area contributed by atoms with Crippen molar-refractivity contribution >= 4 is 28.9 Å². The van der Waals surface area contributed by atoms with Crippen LogP contribution in [-0.2, 0) is 0 Å². The van der Waals surface area contributed by atoms with Gasteiger partial charge in [-0.15, -0.1) is 0 Å². The van der Waals surface area contributed by atoms with Crippen LogP contribution in [-0.4, -0.2) is 17.2 Å². The maximum Gasteiger partial charge on any atom is 0.485 e. The zero-order chi connectivity index (χ0) is 19.5. The number of benzene rings is 3. The molecule has 0 unspecified atom stereocenters. The van der Waals surface area contributed by atoms with Crippen LogP contribution >= 0.6 is 0 Å². The standard InChI is InChI=1S/C25H21BO2/c1-18-10-3-2-4-17-24(26(27)28)21-14-7-8-15-23(21)25(18)22-16-9-12-19-11-5-6-13-20(19)22/h2-16,27-28H,1,17H2/b4-2-,10-3-,24-21+,25-23?. The summed E-state index contributed by atoms with van der Waals surface area (Å²) in [6, 6.07) is 22.4. The van der Waals surface area contributed by atoms with Gasteiger partial charge in [-0.3, -0.25) is 0 Å². The normalized spacial score (nSPS) is 18.5. The molecule has 3 aromatic rings. The predicted molar refractivity (Wildman–Crippen MR) is 118 cm³/mol. The topological polar surface area (TPSA) is 40.5 Å². The minimum absolute atomic E-state index is 0.467. The summed E-state index contributed by atoms with van der Waals surface area (Å²) in [5.41, 5.74) is 3.53. The molecule has 0 saturated carbocycles. The lowest BCUT2D eigenvalue weighted by molar-refractivity contribution is 0.425. The summed E-state index contributed by atoms with van der Waals surface area (Å²) in [6.45, 7) is 4.33. The van der Waals surface area contributed by atoms with Crippen molar-refractivity contribution < 1.29 is 10.0 Å². The van der Waals surface area contributed by atoms with Crippen LogP contribution in [0.25, 0.3) is 21.8 Å². The smallest absolute Gasteiger partial charge is 0.423 e. The predicted octanol–water partition coefficient (Wildman–Crippen LogP) is 3.27. The molecule has 3 aromatic carbocycles. The summed E-state index contributed by atoms with van der Waals surface area (Å²) in [4.78, 5) is 0. The van der Waals surface area contributed by atoms with Crippen LogP contribution in [0.1, 0.15) is 12.0 Å². The van der Waals surface area contributed by atoms with Gasteiger partial charge in [0.1, 0.15) is 0 Å². The summed E-state index contributed by atoms with van der Waals surface area (Å²) >= 11 is 0. The van der Waals surface area contributed by atoms with Crippen molar-refractivity contribution in [2.75, 3.05) is 0 Å². The molecule has 2 N–H and O–H groups in total. The third kappa shape index (κ3) is 3.38. The summed E-state index contributed by atoms with van der Waals surface area (Å²) in [5, 5.41) is 24.1. The first-order valence-corrected chi connectivity index (χ1v) is 9.36. The zero-order valence-electron chi connectivity index (χ0n) is 15.5. The fraction of sp³-hybridized carbons (Fsp3) is 0.0400. The maximum absolute atomic E-state index is 10.0. The van der Waals surface area contributed by atoms with Gasteiger partial charge in [0.2, 0.25) is 0 Å². The van der Waals surface area contributed by atoms with Gasteiger partial charge in [-0.1, -0.05) is 97.6 Å². The Morgan fingerprint density at radius 2 is 1.50 bits per heavy atom. The number of allylic oxidation sites excluding steroid dienone is 5. The first-order chi connectivity index (χ1) is 13.7. The van der Waals surface area contributed by atoms with Crippen molar-refractivity contribution in [3.63, 3.8) is 0 Å². The second kappa shape index (κ2) is 7.85. The molecule has 28 heavy (non-hydrogen) atoms. The molecule has 3 heteroatoms. The minimum Gasteiger partial charge on any atom is -0.423 e. The number of hydrogen-bond donors (Lipinski definition) is 2. The fourth-order valence-corrected chi connectivity index (χ4v) is 3.80. The van der Waals surface area contributed by atoms with Gasteiger partial charge in [0.25, 0.3) is 0 Å². The lowest BCUT2D eigenvalue weighted by Gasteiger charge is -2.14. The van der Waals surface area contributed by atoms with E-state index in [0.29, 0.717) is 11.9 Å². The molecule has 136 valence electrons. The summed E-state index contributed by atoms with van der Waals surface area (Å²) in [7, 11) is -1.52. The van der Waals surface area contributed by atoms with Gasteiger partial charge in [0, 0.05) is 0 Å². The van der Waals surface area contributed by atoms with Gasteiger partial charge in [0.15, 0.2) is 0 Å². The van der Waals surface area contributed by atoms with Crippen LogP contribution < -0.4 is 10.4 Å². The summed E-state index contributed by atoms with van der Waals surface area (Å²) < 4.78 is 0. The number of hydrogen-bond acceptors (Lipinski definition) is 2. The Balaban J connectivity index is 2.22. The van der Waals surface area contributed by atoms with Crippen molar-refractivity contribution in [3.8, 4) is 0 Å². The van der Waals surface area contributed by atoms with Gasteiger partial charge in [-0.25, -0.2) is 0 Å². The number of fused-ring (bicyclic) bond motifs is 2. The Bertz CT molecular complexity index is 1230. The van der Waals surface area contributed by atoms with Crippen molar-refractivity contribution in [2.24, 2.45) is 0 Å². The van der Waals surface area contributed by atoms with Gasteiger partial charge in [-0.05, 0) is 49.8 Å². The Hall–Kier alpha value is -3.14. The van der Waals surface area contributed by atoms with E-state index < -0.39 is 7.12 Å². The average molecular weight is 364 g/mol. The van der Waals surface area contributed by atoms with Gasteiger partial charge in [0.05, 0.1) is 0 Å². The average Bonchev–Trinajstić information content (AvgIpc) is 2.71. The Labute approximate surface area is 164 Å². The Morgan fingerprint density at radius 1 is 0.786 bits per heavy atom. The van der Waals surface area contributed by atoms with E-state index in [1.807, 2.05) is 60.7 Å².